The molecule has 1 aromatic carbocycles. The number of benzene rings is 1. The van der Waals surface area contributed by atoms with Gasteiger partial charge < -0.3 is 24.3 Å². The fourth-order valence-electron chi connectivity index (χ4n) is 2.97. The van der Waals surface area contributed by atoms with Crippen LogP contribution >= 0.6 is 24.0 Å². The smallest absolute Gasteiger partial charge is 0.192 e. The molecule has 0 amide bonds. The molecular formula is C22H31IN4O3. The zero-order chi connectivity index (χ0) is 20.8. The molecule has 2 heterocycles. The first kappa shape index (κ1) is 24.0. The monoisotopic (exact) mass is 526 g/mol. The first-order valence-corrected chi connectivity index (χ1v) is 10.2. The second kappa shape index (κ2) is 11.2. The summed E-state index contributed by atoms with van der Waals surface area (Å²) in [7, 11) is 0. The fraction of sp³-hybridized carbons (Fsp3) is 0.455. The maximum atomic E-state index is 6.09. The Morgan fingerprint density at radius 2 is 2.00 bits per heavy atom. The molecule has 0 aliphatic carbocycles. The number of hydrogen-bond donors (Lipinski definition) is 2. The van der Waals surface area contributed by atoms with E-state index in [1.54, 1.807) is 0 Å². The van der Waals surface area contributed by atoms with Crippen LogP contribution in [0.3, 0.4) is 0 Å². The lowest BCUT2D eigenvalue weighted by Crippen LogP contribution is -2.38. The number of aliphatic imine (C=N–C) groups is 1. The Labute approximate surface area is 194 Å². The molecule has 0 saturated heterocycles. The van der Waals surface area contributed by atoms with Gasteiger partial charge in [-0.3, -0.25) is 0 Å². The van der Waals surface area contributed by atoms with Crippen molar-refractivity contribution in [1.82, 2.24) is 15.8 Å². The number of aromatic nitrogens is 1. The Morgan fingerprint density at radius 1 is 1.20 bits per heavy atom. The number of nitrogens with one attached hydrogen (secondary N) is 2. The number of guanidine groups is 1. The lowest BCUT2D eigenvalue weighted by atomic mass is 10.1. The van der Waals surface area contributed by atoms with Crippen LogP contribution in [0.5, 0.6) is 5.75 Å². The van der Waals surface area contributed by atoms with E-state index in [4.69, 9.17) is 13.7 Å². The third-order valence-electron chi connectivity index (χ3n) is 4.51. The maximum absolute atomic E-state index is 6.09. The van der Waals surface area contributed by atoms with Gasteiger partial charge in [0.1, 0.15) is 12.3 Å². The molecule has 2 aromatic heterocycles. The van der Waals surface area contributed by atoms with Crippen molar-refractivity contribution in [2.75, 3.05) is 13.2 Å². The lowest BCUT2D eigenvalue weighted by Gasteiger charge is -2.15. The number of ether oxygens (including phenoxy) is 1. The molecule has 0 saturated carbocycles. The third-order valence-corrected chi connectivity index (χ3v) is 4.51. The number of furan rings is 1. The van der Waals surface area contributed by atoms with Crippen molar-refractivity contribution in [3.8, 4) is 5.75 Å². The highest BCUT2D eigenvalue weighted by molar-refractivity contribution is 14.0. The van der Waals surface area contributed by atoms with Crippen LogP contribution in [0.4, 0.5) is 0 Å². The summed E-state index contributed by atoms with van der Waals surface area (Å²) in [5.41, 5.74) is 1.71. The van der Waals surface area contributed by atoms with E-state index in [0.717, 1.165) is 40.5 Å². The Balaban J connectivity index is 0.00000320. The molecule has 0 aliphatic rings. The highest BCUT2D eigenvalue weighted by atomic mass is 127. The highest BCUT2D eigenvalue weighted by Crippen LogP contribution is 2.31. The molecule has 0 spiro atoms. The molecule has 0 radical (unpaired) electrons. The standard InChI is InChI=1S/C22H30N4O3.HI/c1-6-23-22(24-13-17-12-18(14(3)4)26-29-17)25-15(5)20-11-16-9-8-10-19(27-7-2)21(16)28-20;/h8-12,14-15H,6-7,13H2,1-5H3,(H2,23,24,25);1H. The molecule has 1 unspecified atom stereocenters. The van der Waals surface area contributed by atoms with Crippen LogP contribution in [0.25, 0.3) is 11.0 Å². The van der Waals surface area contributed by atoms with Crippen LogP contribution in [0.15, 0.2) is 44.3 Å². The van der Waals surface area contributed by atoms with Gasteiger partial charge in [0.15, 0.2) is 23.1 Å². The average Bonchev–Trinajstić information content (AvgIpc) is 3.34. The first-order valence-electron chi connectivity index (χ1n) is 10.2. The van der Waals surface area contributed by atoms with Crippen molar-refractivity contribution in [2.24, 2.45) is 4.99 Å². The summed E-state index contributed by atoms with van der Waals surface area (Å²) in [5.74, 6) is 3.34. The molecule has 7 nitrogen and oxygen atoms in total. The fourth-order valence-corrected chi connectivity index (χ4v) is 2.97. The van der Waals surface area contributed by atoms with E-state index in [9.17, 15) is 0 Å². The highest BCUT2D eigenvalue weighted by Gasteiger charge is 2.16. The normalized spacial score (nSPS) is 12.7. The number of halogens is 1. The molecule has 3 aromatic rings. The molecule has 30 heavy (non-hydrogen) atoms. The molecule has 0 fully saturated rings. The predicted octanol–water partition coefficient (Wildman–Crippen LogP) is 5.38. The summed E-state index contributed by atoms with van der Waals surface area (Å²) >= 11 is 0. The predicted molar refractivity (Wildman–Crippen MR) is 130 cm³/mol. The van der Waals surface area contributed by atoms with Gasteiger partial charge in [0.2, 0.25) is 0 Å². The van der Waals surface area contributed by atoms with Crippen molar-refractivity contribution in [3.05, 3.63) is 47.5 Å². The van der Waals surface area contributed by atoms with E-state index in [2.05, 4.69) is 34.6 Å². The molecule has 8 heteroatoms. The van der Waals surface area contributed by atoms with Gasteiger partial charge in [0.25, 0.3) is 0 Å². The maximum Gasteiger partial charge on any atom is 0.192 e. The minimum absolute atomic E-state index is 0. The van der Waals surface area contributed by atoms with Gasteiger partial charge in [0, 0.05) is 18.0 Å². The molecule has 0 bridgehead atoms. The molecule has 1 atom stereocenters. The number of rotatable bonds is 8. The lowest BCUT2D eigenvalue weighted by molar-refractivity contribution is 0.336. The van der Waals surface area contributed by atoms with Gasteiger partial charge in [0.05, 0.1) is 18.3 Å². The molecule has 3 rings (SSSR count). The quantitative estimate of drug-likeness (QED) is 0.233. The summed E-state index contributed by atoms with van der Waals surface area (Å²) < 4.78 is 17.1. The Morgan fingerprint density at radius 3 is 2.67 bits per heavy atom. The van der Waals surface area contributed by atoms with E-state index < -0.39 is 0 Å². The van der Waals surface area contributed by atoms with E-state index in [1.165, 1.54) is 0 Å². The van der Waals surface area contributed by atoms with E-state index in [0.29, 0.717) is 25.0 Å². The van der Waals surface area contributed by atoms with Crippen molar-refractivity contribution in [3.63, 3.8) is 0 Å². The van der Waals surface area contributed by atoms with Crippen molar-refractivity contribution in [1.29, 1.82) is 0 Å². The van der Waals surface area contributed by atoms with Gasteiger partial charge in [-0.1, -0.05) is 31.1 Å². The van der Waals surface area contributed by atoms with Crippen molar-refractivity contribution < 1.29 is 13.7 Å². The second-order valence-corrected chi connectivity index (χ2v) is 7.19. The third kappa shape index (κ3) is 5.90. The summed E-state index contributed by atoms with van der Waals surface area (Å²) in [6.07, 6.45) is 0. The number of hydrogen-bond acceptors (Lipinski definition) is 5. The Bertz CT molecular complexity index is 964. The van der Waals surface area contributed by atoms with Crippen molar-refractivity contribution in [2.45, 2.75) is 53.1 Å². The van der Waals surface area contributed by atoms with Crippen LogP contribution in [0.1, 0.15) is 63.8 Å². The largest absolute Gasteiger partial charge is 0.490 e. The Hall–Kier alpha value is -2.23. The molecule has 2 N–H and O–H groups in total. The molecule has 164 valence electrons. The number of para-hydroxylation sites is 1. The molecule has 0 aliphatic heterocycles. The summed E-state index contributed by atoms with van der Waals surface area (Å²) in [6, 6.07) is 9.83. The first-order chi connectivity index (χ1) is 14.0. The van der Waals surface area contributed by atoms with E-state index >= 15 is 0 Å². The van der Waals surface area contributed by atoms with Crippen LogP contribution in [-0.2, 0) is 6.54 Å². The number of fused-ring (bicyclic) bond motifs is 1. The van der Waals surface area contributed by atoms with Gasteiger partial charge in [-0.05, 0) is 38.8 Å². The van der Waals surface area contributed by atoms with Crippen LogP contribution in [0.2, 0.25) is 0 Å². The minimum atomic E-state index is -0.0735. The second-order valence-electron chi connectivity index (χ2n) is 7.19. The van der Waals surface area contributed by atoms with E-state index in [-0.39, 0.29) is 30.0 Å². The summed E-state index contributed by atoms with van der Waals surface area (Å²) in [4.78, 5) is 4.62. The topological polar surface area (TPSA) is 84.8 Å². The van der Waals surface area contributed by atoms with Gasteiger partial charge >= 0.3 is 0 Å². The SMILES string of the molecule is CCNC(=NCc1cc(C(C)C)no1)NC(C)c1cc2cccc(OCC)c2o1.I. The van der Waals surface area contributed by atoms with Crippen LogP contribution in [-0.4, -0.2) is 24.3 Å². The van der Waals surface area contributed by atoms with Crippen LogP contribution < -0.4 is 15.4 Å². The van der Waals surface area contributed by atoms with Gasteiger partial charge in [-0.25, -0.2) is 4.99 Å². The van der Waals surface area contributed by atoms with Crippen LogP contribution in [0, 0.1) is 0 Å². The average molecular weight is 526 g/mol. The minimum Gasteiger partial charge on any atom is -0.490 e. The Kier molecular flexibility index (Phi) is 9.01. The summed E-state index contributed by atoms with van der Waals surface area (Å²) in [6.45, 7) is 12.0. The van der Waals surface area contributed by atoms with Gasteiger partial charge in [-0.2, -0.15) is 0 Å². The zero-order valence-electron chi connectivity index (χ0n) is 18.2. The van der Waals surface area contributed by atoms with Gasteiger partial charge in [-0.15, -0.1) is 24.0 Å². The summed E-state index contributed by atoms with van der Waals surface area (Å²) in [5, 5.41) is 11.7. The number of nitrogens with zero attached hydrogens (tertiary/aromatic N) is 2. The van der Waals surface area contributed by atoms with Crippen molar-refractivity contribution >= 4 is 40.9 Å². The zero-order valence-corrected chi connectivity index (χ0v) is 20.5. The van der Waals surface area contributed by atoms with E-state index in [1.807, 2.05) is 51.1 Å². The molecular weight excluding hydrogens is 495 g/mol.